The summed E-state index contributed by atoms with van der Waals surface area (Å²) in [6, 6.07) is 20.5. The molecule has 0 aliphatic heterocycles. The van der Waals surface area contributed by atoms with E-state index < -0.39 is 30.4 Å². The maximum absolute atomic E-state index is 14.2. The molecule has 220 valence electrons. The molecule has 0 aromatic heterocycles. The van der Waals surface area contributed by atoms with Crippen LogP contribution in [0.15, 0.2) is 65.6 Å². The Morgan fingerprint density at radius 1 is 0.575 bits per heavy atom. The molecular weight excluding hydrogens is 627 g/mol. The number of halogens is 1. The van der Waals surface area contributed by atoms with Gasteiger partial charge in [0, 0.05) is 0 Å². The summed E-state index contributed by atoms with van der Waals surface area (Å²) in [6.45, 7) is 25.9. The van der Waals surface area contributed by atoms with Crippen molar-refractivity contribution < 1.29 is 10.9 Å². The van der Waals surface area contributed by atoms with Crippen molar-refractivity contribution in [3.8, 4) is 0 Å². The molecule has 0 N–H and O–H groups in total. The first-order chi connectivity index (χ1) is 18.3. The van der Waals surface area contributed by atoms with Gasteiger partial charge in [-0.25, -0.2) is 0 Å². The molecule has 0 aliphatic rings. The zero-order valence-corrected chi connectivity index (χ0v) is 29.5. The van der Waals surface area contributed by atoms with E-state index >= 15 is 0 Å². The summed E-state index contributed by atoms with van der Waals surface area (Å²) >= 11 is -2.84. The molecule has 0 saturated heterocycles. The molecule has 0 fully saturated rings. The molecular formula is C35H49IO3S. The maximum atomic E-state index is 14.2. The SMILES string of the molecule is CC(C)c1ccc(S(=O)(=O)OI(c2ccc(C(C)(C)C)cc2)c2ccc(C(C)(C)C)cc2)c(C(C)C)c1C(C)C. The Labute approximate surface area is 252 Å². The molecule has 0 amide bonds. The van der Waals surface area contributed by atoms with Gasteiger partial charge in [0.05, 0.1) is 0 Å². The summed E-state index contributed by atoms with van der Waals surface area (Å²) in [5.41, 5.74) is 5.69. The molecule has 0 aliphatic carbocycles. The van der Waals surface area contributed by atoms with Gasteiger partial charge in [0.15, 0.2) is 0 Å². The third-order valence-corrected chi connectivity index (χ3v) is 14.7. The molecule has 0 atom stereocenters. The summed E-state index contributed by atoms with van der Waals surface area (Å²) < 4.78 is 36.8. The van der Waals surface area contributed by atoms with Gasteiger partial charge in [-0.1, -0.05) is 0 Å². The van der Waals surface area contributed by atoms with Crippen molar-refractivity contribution in [3.63, 3.8) is 0 Å². The Morgan fingerprint density at radius 2 is 0.975 bits per heavy atom. The van der Waals surface area contributed by atoms with Crippen molar-refractivity contribution in [2.24, 2.45) is 0 Å². The first-order valence-corrected chi connectivity index (χ1v) is 18.8. The van der Waals surface area contributed by atoms with Gasteiger partial charge in [0.25, 0.3) is 0 Å². The first kappa shape index (κ1) is 32.8. The van der Waals surface area contributed by atoms with E-state index in [1.54, 1.807) is 6.07 Å². The third-order valence-electron chi connectivity index (χ3n) is 7.29. The van der Waals surface area contributed by atoms with E-state index in [-0.39, 0.29) is 22.7 Å². The molecule has 3 nitrogen and oxygen atoms in total. The Bertz CT molecular complexity index is 1350. The summed E-state index contributed by atoms with van der Waals surface area (Å²) in [5, 5.41) is 0. The van der Waals surface area contributed by atoms with Gasteiger partial charge in [-0.05, 0) is 0 Å². The number of hydrogen-bond donors (Lipinski definition) is 0. The van der Waals surface area contributed by atoms with Crippen molar-refractivity contribution in [3.05, 3.63) is 95.6 Å². The number of benzene rings is 3. The average Bonchev–Trinajstić information content (AvgIpc) is 2.85. The minimum absolute atomic E-state index is 0.0104. The van der Waals surface area contributed by atoms with Crippen LogP contribution in [-0.4, -0.2) is 8.42 Å². The van der Waals surface area contributed by atoms with E-state index in [1.807, 2.05) is 6.07 Å². The van der Waals surface area contributed by atoms with E-state index in [4.69, 9.17) is 2.51 Å². The molecule has 0 bridgehead atoms. The molecule has 40 heavy (non-hydrogen) atoms. The van der Waals surface area contributed by atoms with Crippen molar-refractivity contribution in [2.45, 2.75) is 117 Å². The van der Waals surface area contributed by atoms with Crippen LogP contribution in [0.4, 0.5) is 0 Å². The van der Waals surface area contributed by atoms with E-state index in [2.05, 4.69) is 132 Å². The quantitative estimate of drug-likeness (QED) is 0.223. The zero-order valence-electron chi connectivity index (χ0n) is 26.5. The zero-order chi connectivity index (χ0) is 30.2. The van der Waals surface area contributed by atoms with Crippen LogP contribution in [0.2, 0.25) is 0 Å². The first-order valence-electron chi connectivity index (χ1n) is 14.4. The van der Waals surface area contributed by atoms with E-state index in [0.717, 1.165) is 18.3 Å². The Kier molecular flexibility index (Phi) is 10.1. The van der Waals surface area contributed by atoms with Crippen LogP contribution in [0.5, 0.6) is 0 Å². The van der Waals surface area contributed by atoms with Gasteiger partial charge < -0.3 is 0 Å². The summed E-state index contributed by atoms with van der Waals surface area (Å²) in [6.07, 6.45) is 0. The van der Waals surface area contributed by atoms with Gasteiger partial charge >= 0.3 is 253 Å². The van der Waals surface area contributed by atoms with Crippen LogP contribution in [0, 0.1) is 7.14 Å². The second-order valence-corrected chi connectivity index (χ2v) is 20.2. The van der Waals surface area contributed by atoms with Crippen LogP contribution >= 0.6 is 20.2 Å². The van der Waals surface area contributed by atoms with Crippen LogP contribution in [0.25, 0.3) is 0 Å². The van der Waals surface area contributed by atoms with Crippen LogP contribution in [0.1, 0.15) is 129 Å². The van der Waals surface area contributed by atoms with Crippen molar-refractivity contribution in [1.82, 2.24) is 0 Å². The fourth-order valence-electron chi connectivity index (χ4n) is 5.04. The van der Waals surface area contributed by atoms with Crippen LogP contribution in [-0.2, 0) is 23.5 Å². The van der Waals surface area contributed by atoms with Gasteiger partial charge in [0.1, 0.15) is 0 Å². The standard InChI is InChI=1S/C35H49IO3S/c1-23(2)30-21-22-31(33(25(5)6)32(30)24(3)4)40(37,38)39-36(28-17-13-26(14-18-28)34(7,8)9)29-19-15-27(16-20-29)35(10,11)12/h13-25H,1-12H3. The molecule has 3 aromatic carbocycles. The molecule has 0 radical (unpaired) electrons. The normalized spacial score (nSPS) is 13.4. The summed E-state index contributed by atoms with van der Waals surface area (Å²) in [7, 11) is -4.04. The summed E-state index contributed by atoms with van der Waals surface area (Å²) in [5.74, 6) is 0.553. The minimum atomic E-state index is -4.04. The third kappa shape index (κ3) is 7.38. The van der Waals surface area contributed by atoms with E-state index in [0.29, 0.717) is 10.8 Å². The molecule has 0 spiro atoms. The van der Waals surface area contributed by atoms with E-state index in [1.165, 1.54) is 16.7 Å². The number of hydrogen-bond acceptors (Lipinski definition) is 3. The van der Waals surface area contributed by atoms with Gasteiger partial charge in [0.2, 0.25) is 0 Å². The molecule has 0 unspecified atom stereocenters. The van der Waals surface area contributed by atoms with E-state index in [9.17, 15) is 8.42 Å². The topological polar surface area (TPSA) is 43.4 Å². The van der Waals surface area contributed by atoms with Gasteiger partial charge in [-0.2, -0.15) is 0 Å². The second-order valence-electron chi connectivity index (χ2n) is 13.7. The predicted octanol–water partition coefficient (Wildman–Crippen LogP) is 10.5. The van der Waals surface area contributed by atoms with Gasteiger partial charge in [-0.3, -0.25) is 0 Å². The molecule has 3 aromatic rings. The van der Waals surface area contributed by atoms with Crippen LogP contribution in [0.3, 0.4) is 0 Å². The van der Waals surface area contributed by atoms with Crippen molar-refractivity contribution >= 4 is 30.4 Å². The van der Waals surface area contributed by atoms with Crippen molar-refractivity contribution in [1.29, 1.82) is 0 Å². The fraction of sp³-hybridized carbons (Fsp3) is 0.486. The Hall–Kier alpha value is -1.70. The molecule has 3 rings (SSSR count). The monoisotopic (exact) mass is 676 g/mol. The molecule has 5 heteroatoms. The second kappa shape index (κ2) is 12.3. The molecule has 0 saturated carbocycles. The van der Waals surface area contributed by atoms with Gasteiger partial charge in [-0.15, -0.1) is 0 Å². The average molecular weight is 677 g/mol. The fourth-order valence-corrected chi connectivity index (χ4v) is 12.3. The predicted molar refractivity (Wildman–Crippen MR) is 179 cm³/mol. The molecule has 0 heterocycles. The number of rotatable bonds is 8. The van der Waals surface area contributed by atoms with Crippen molar-refractivity contribution in [2.75, 3.05) is 0 Å². The Balaban J connectivity index is 2.20. The van der Waals surface area contributed by atoms with Crippen LogP contribution < -0.4 is 0 Å². The summed E-state index contributed by atoms with van der Waals surface area (Å²) in [4.78, 5) is 0.315. The Morgan fingerprint density at radius 3 is 1.30 bits per heavy atom.